The van der Waals surface area contributed by atoms with Crippen LogP contribution in [0.25, 0.3) is 0 Å². The minimum absolute atomic E-state index is 0.000764. The molecule has 0 radical (unpaired) electrons. The van der Waals surface area contributed by atoms with E-state index in [-0.39, 0.29) is 22.8 Å². The minimum atomic E-state index is -4.35. The molecule has 6 fully saturated rings. The van der Waals surface area contributed by atoms with Crippen LogP contribution in [0, 0.1) is 40.5 Å². The van der Waals surface area contributed by atoms with Crippen molar-refractivity contribution in [2.75, 3.05) is 85.1 Å². The first-order valence-corrected chi connectivity index (χ1v) is 56.6. The van der Waals surface area contributed by atoms with E-state index in [2.05, 4.69) is 350 Å². The zero-order valence-electron chi connectivity index (χ0n) is 96.2. The van der Waals surface area contributed by atoms with E-state index in [1.807, 2.05) is 74.5 Å². The third-order valence-electron chi connectivity index (χ3n) is 27.2. The molecule has 6 aliphatic rings. The molecule has 0 N–H and O–H groups in total. The molecule has 1 aliphatic carbocycles. The van der Waals surface area contributed by atoms with E-state index in [1.54, 1.807) is 49.5 Å². The first kappa shape index (κ1) is 132. The number of ether oxygens (including phenoxy) is 3. The molecule has 5 atom stereocenters. The van der Waals surface area contributed by atoms with Crippen LogP contribution in [-0.2, 0) is 37.0 Å². The van der Waals surface area contributed by atoms with Crippen LogP contribution in [0.15, 0.2) is 145 Å². The number of likely N-dealkylation sites (tertiary alicyclic amines) is 2. The number of rotatable bonds is 19. The molecule has 2 aromatic carbocycles. The number of halogens is 4. The number of sulfonamides is 1. The maximum absolute atomic E-state index is 12.5. The molecular weight excluding hydrogens is 1830 g/mol. The molecule has 0 bridgehead atoms. The van der Waals surface area contributed by atoms with Gasteiger partial charge in [-0.25, -0.2) is 8.42 Å². The predicted molar refractivity (Wildman–Crippen MR) is 603 cm³/mol. The summed E-state index contributed by atoms with van der Waals surface area (Å²) in [6.45, 7) is 92.7. The zero-order valence-corrected chi connectivity index (χ0v) is 98.6. The number of alkyl halides is 3. The second kappa shape index (κ2) is 68.3. The molecule has 17 nitrogen and oxygen atoms in total. The average Bonchev–Trinajstić information content (AvgIpc) is 1.67. The summed E-state index contributed by atoms with van der Waals surface area (Å²) in [6.07, 6.45) is 18.0. The summed E-state index contributed by atoms with van der Waals surface area (Å²) < 4.78 is 80.2. The SMILES string of the molecule is CC(C)N1CCCCC1C.CC(C)N1CCOCC1C.CC(C)N1CCOCC1C1CC1.CC(C)c1ccccc1Cl.CC(C)c1cccnc1.CCS(=O)(=O)N1CCN(C(C)C)C(C)C1.CCn1cc(C(C)C)c(C(F)(F)F)n1.COC(C)(C)C1CCCN1C(C)C.Cc1ccccc1C(C)C.Cc1ccncc1C(C)C.Cc1cscc1C(C)C.Cc1ncccc1C(C)C.Cc1ncccc1C(C)C. The van der Waals surface area contributed by atoms with E-state index in [0.717, 1.165) is 86.5 Å². The molecule has 23 heteroatoms. The van der Waals surface area contributed by atoms with Gasteiger partial charge in [0.25, 0.3) is 0 Å². The smallest absolute Gasteiger partial charge is 0.379 e. The zero-order chi connectivity index (χ0) is 108. The molecule has 11 heterocycles. The number of aromatic nitrogens is 6. The van der Waals surface area contributed by atoms with E-state index in [4.69, 9.17) is 25.8 Å². The number of aryl methyl sites for hydroxylation is 6. The van der Waals surface area contributed by atoms with Crippen LogP contribution < -0.4 is 0 Å². The number of pyridine rings is 4. The van der Waals surface area contributed by atoms with Crippen molar-refractivity contribution in [3.8, 4) is 0 Å². The number of methoxy groups -OCH3 is 1. The van der Waals surface area contributed by atoms with E-state index in [0.29, 0.717) is 103 Å². The molecule has 142 heavy (non-hydrogen) atoms. The monoisotopic (exact) mass is 2030 g/mol. The Hall–Kier alpha value is -6.38. The van der Waals surface area contributed by atoms with Crippen LogP contribution >= 0.6 is 22.9 Å². The number of benzene rings is 2. The molecule has 5 saturated heterocycles. The molecule has 5 unspecified atom stereocenters. The standard InChI is InChI=1S/C11H23NO.C10H22N2O2S.C10H19NO.C10H14.C9H11Cl.C9H13F3N2.C9H13N.C9H19N.2C9H13N.C8H17NO.C8H11N.C8H12S/c1-9(2)12-8-6-7-10(12)11(3,4)13-5;1-5-15(13,14)11-6-7-12(9(2)3)10(4)8-11;1-8(2)11-5-6-12-7-10(11)9-3-4-9;1-8(2)10-7-5-4-6-9(10)3;1-7(2)8-5-3-4-6-9(8)10;1-4-14-5-7(6(2)3)8(13-14)9(10,11)12;1-7(2)9-6-10-5-4-8(9)3;1-8(2)10-7-5-4-6-9(10)3;2*1-7(2)9-5-4-6-10-8(9)3;1-7(2)9-4-5-10-6-8(9)3;1-7(2)8-4-3-5-9-6-8;1-6(2)8-5-9-4-7(8)3/h9-10H,6-8H2,1-5H3;9-10H,5-8H2,1-4H3;8-10H,3-7H2,1-2H3;4-8H,1-3H3;3-7H,1-2H3;5-6H,4H2,1-3H3;4-7H,1-3H3;8-9H,4-7H2,1-3H3;2*4-7H,1-3H3;7-8H,4-6H2,1-3H3;3-7H,1-2H3;4-6H,1-3H3. The fourth-order valence-corrected chi connectivity index (χ4v) is 20.9. The van der Waals surface area contributed by atoms with E-state index in [9.17, 15) is 21.6 Å². The molecule has 806 valence electrons. The normalized spacial score (nSPS) is 18.2. The largest absolute Gasteiger partial charge is 0.435 e. The highest BCUT2D eigenvalue weighted by Gasteiger charge is 2.41. The summed E-state index contributed by atoms with van der Waals surface area (Å²) in [5.41, 5.74) is 15.5. The number of nitrogens with zero attached hydrogens (tertiary/aromatic N) is 12. The Morgan fingerprint density at radius 1 is 0.451 bits per heavy atom. The summed E-state index contributed by atoms with van der Waals surface area (Å²) in [6, 6.07) is 37.2. The van der Waals surface area contributed by atoms with Crippen LogP contribution in [0.1, 0.15) is 399 Å². The first-order valence-electron chi connectivity index (χ1n) is 53.6. The highest BCUT2D eigenvalue weighted by Crippen LogP contribution is 2.38. The summed E-state index contributed by atoms with van der Waals surface area (Å²) in [5, 5.41) is 8.83. The van der Waals surface area contributed by atoms with Gasteiger partial charge in [-0.15, -0.1) is 0 Å². The number of hydrogen-bond donors (Lipinski definition) is 0. The van der Waals surface area contributed by atoms with Gasteiger partial charge in [0.05, 0.1) is 37.8 Å². The van der Waals surface area contributed by atoms with Crippen LogP contribution in [0.2, 0.25) is 5.02 Å². The maximum atomic E-state index is 12.5. The highest BCUT2D eigenvalue weighted by atomic mass is 35.5. The minimum Gasteiger partial charge on any atom is -0.379 e. The lowest BCUT2D eigenvalue weighted by molar-refractivity contribution is -0.142. The Balaban J connectivity index is 0.000000521. The fourth-order valence-electron chi connectivity index (χ4n) is 18.4. The Morgan fingerprint density at radius 3 is 1.27 bits per heavy atom. The van der Waals surface area contributed by atoms with Crippen molar-refractivity contribution in [3.05, 3.63) is 228 Å². The lowest BCUT2D eigenvalue weighted by Crippen LogP contribution is -2.55. The predicted octanol–water partition coefficient (Wildman–Crippen LogP) is 30.5. The number of piperazine rings is 1. The van der Waals surface area contributed by atoms with Crippen molar-refractivity contribution in [3.63, 3.8) is 0 Å². The second-order valence-electron chi connectivity index (χ2n) is 43.3. The van der Waals surface area contributed by atoms with Crippen LogP contribution in [0.4, 0.5) is 13.2 Å². The average molecular weight is 2040 g/mol. The number of thiophene rings is 1. The van der Waals surface area contributed by atoms with Crippen LogP contribution in [0.5, 0.6) is 0 Å². The Bertz CT molecular complexity index is 4420. The van der Waals surface area contributed by atoms with Gasteiger partial charge in [-0.3, -0.25) is 49.1 Å². The van der Waals surface area contributed by atoms with Gasteiger partial charge in [0.2, 0.25) is 10.0 Å². The molecule has 6 aromatic heterocycles. The van der Waals surface area contributed by atoms with Gasteiger partial charge >= 0.3 is 6.18 Å². The second-order valence-corrected chi connectivity index (χ2v) is 46.7. The van der Waals surface area contributed by atoms with E-state index >= 15 is 0 Å². The van der Waals surface area contributed by atoms with Crippen LogP contribution in [-0.4, -0.2) is 218 Å². The van der Waals surface area contributed by atoms with Gasteiger partial charge in [-0.2, -0.15) is 33.9 Å². The number of hydrogen-bond acceptors (Lipinski definition) is 16. The Morgan fingerprint density at radius 2 is 0.915 bits per heavy atom. The van der Waals surface area contributed by atoms with Crippen molar-refractivity contribution in [2.45, 2.75) is 434 Å². The molecule has 14 rings (SSSR count). The maximum Gasteiger partial charge on any atom is 0.435 e. The van der Waals surface area contributed by atoms with Crippen molar-refractivity contribution in [1.29, 1.82) is 0 Å². The molecule has 1 saturated carbocycles. The van der Waals surface area contributed by atoms with Crippen molar-refractivity contribution in [2.24, 2.45) is 5.92 Å². The van der Waals surface area contributed by atoms with Gasteiger partial charge in [0.15, 0.2) is 5.69 Å². The van der Waals surface area contributed by atoms with E-state index in [1.165, 1.54) is 125 Å². The van der Waals surface area contributed by atoms with Crippen LogP contribution in [0.3, 0.4) is 0 Å². The first-order chi connectivity index (χ1) is 66.5. The van der Waals surface area contributed by atoms with E-state index < -0.39 is 21.9 Å². The van der Waals surface area contributed by atoms with Gasteiger partial charge < -0.3 is 14.2 Å². The van der Waals surface area contributed by atoms with Gasteiger partial charge in [0.1, 0.15) is 0 Å². The summed E-state index contributed by atoms with van der Waals surface area (Å²) >= 11 is 7.71. The topological polar surface area (TPSA) is 151 Å². The van der Waals surface area contributed by atoms with Gasteiger partial charge in [-0.05, 0) is 354 Å². The van der Waals surface area contributed by atoms with Gasteiger partial charge in [0, 0.05) is 172 Å². The van der Waals surface area contributed by atoms with Crippen molar-refractivity contribution < 1.29 is 35.8 Å². The Kier molecular flexibility index (Phi) is 63.3. The summed E-state index contributed by atoms with van der Waals surface area (Å²) in [4.78, 5) is 29.1. The molecule has 5 aliphatic heterocycles. The third-order valence-corrected chi connectivity index (χ3v) is 30.3. The van der Waals surface area contributed by atoms with Gasteiger partial charge in [-0.1, -0.05) is 189 Å². The lowest BCUT2D eigenvalue weighted by Gasteiger charge is -2.41. The number of morpholine rings is 2. The van der Waals surface area contributed by atoms with Crippen molar-refractivity contribution >= 4 is 33.0 Å². The molecule has 0 spiro atoms. The quantitative estimate of drug-likeness (QED) is 0.0755. The summed E-state index contributed by atoms with van der Waals surface area (Å²) in [5.74, 6) is 5.24. The molecular formula is C119H200ClF3N12O5S2. The molecule has 0 amide bonds. The fraction of sp³-hybridized carbons (Fsp3) is 0.672. The highest BCUT2D eigenvalue weighted by molar-refractivity contribution is 7.89. The molecule has 8 aromatic rings. The third kappa shape index (κ3) is 48.7. The lowest BCUT2D eigenvalue weighted by atomic mass is 9.95. The Labute approximate surface area is 875 Å². The van der Waals surface area contributed by atoms with Crippen molar-refractivity contribution in [1.82, 2.24) is 58.5 Å². The number of piperidine rings is 1. The summed E-state index contributed by atoms with van der Waals surface area (Å²) in [7, 11) is -1.18.